The van der Waals surface area contributed by atoms with Crippen molar-refractivity contribution in [2.75, 3.05) is 13.2 Å². The summed E-state index contributed by atoms with van der Waals surface area (Å²) in [5, 5.41) is 53.9. The standard InChI is InChI=1S/C49H93NO8/c1-3-5-7-9-11-13-14-15-16-17-18-19-20-21-22-23-24-25-26-27-28-29-30-31-33-35-37-39-45(53)50-42(43(52)38-36-34-32-12-10-8-6-4-2)41-57-49-48(56)47(55)46(54)44(40-51)58-49/h10,12,36,38,42-44,46-49,51-52,54-56H,3-9,11,13-35,37,39-41H2,1-2H3,(H,50,53)/b12-10+,38-36+. The van der Waals surface area contributed by atoms with Crippen LogP contribution in [0.25, 0.3) is 0 Å². The number of carbonyl (C=O) groups excluding carboxylic acids is 1. The third-order valence-corrected chi connectivity index (χ3v) is 11.8. The van der Waals surface area contributed by atoms with Gasteiger partial charge < -0.3 is 40.3 Å². The van der Waals surface area contributed by atoms with Gasteiger partial charge in [0, 0.05) is 6.42 Å². The molecule has 0 aromatic carbocycles. The molecule has 1 aliphatic heterocycles. The monoisotopic (exact) mass is 824 g/mol. The molecule has 0 spiro atoms. The van der Waals surface area contributed by atoms with Crippen molar-refractivity contribution >= 4 is 5.91 Å². The quantitative estimate of drug-likeness (QED) is 0.0264. The van der Waals surface area contributed by atoms with Crippen LogP contribution in [0.4, 0.5) is 0 Å². The molecule has 7 unspecified atom stereocenters. The molecular weight excluding hydrogens is 731 g/mol. The molecule has 0 aliphatic carbocycles. The van der Waals surface area contributed by atoms with E-state index in [1.54, 1.807) is 6.08 Å². The van der Waals surface area contributed by atoms with Crippen molar-refractivity contribution in [2.24, 2.45) is 0 Å². The Morgan fingerprint density at radius 1 is 0.569 bits per heavy atom. The first-order valence-electron chi connectivity index (χ1n) is 24.6. The van der Waals surface area contributed by atoms with Crippen molar-refractivity contribution in [3.63, 3.8) is 0 Å². The molecule has 1 aliphatic rings. The second kappa shape index (κ2) is 39.8. The van der Waals surface area contributed by atoms with Crippen molar-refractivity contribution in [3.8, 4) is 0 Å². The lowest BCUT2D eigenvalue weighted by Crippen LogP contribution is -2.60. The average Bonchev–Trinajstić information content (AvgIpc) is 3.22. The van der Waals surface area contributed by atoms with Gasteiger partial charge in [0.1, 0.15) is 24.4 Å². The number of aliphatic hydroxyl groups is 5. The fourth-order valence-electron chi connectivity index (χ4n) is 7.81. The molecule has 0 aromatic heterocycles. The van der Waals surface area contributed by atoms with E-state index in [1.165, 1.54) is 161 Å². The fraction of sp³-hybridized carbons (Fsp3) is 0.898. The summed E-state index contributed by atoms with van der Waals surface area (Å²) < 4.78 is 11.2. The number of carbonyl (C=O) groups is 1. The van der Waals surface area contributed by atoms with Crippen molar-refractivity contribution < 1.29 is 39.8 Å². The Bertz CT molecular complexity index is 961. The van der Waals surface area contributed by atoms with E-state index < -0.39 is 49.5 Å². The lowest BCUT2D eigenvalue weighted by atomic mass is 9.99. The molecule has 6 N–H and O–H groups in total. The number of amides is 1. The Hall–Kier alpha value is -1.33. The maximum Gasteiger partial charge on any atom is 0.220 e. The molecule has 0 bridgehead atoms. The highest BCUT2D eigenvalue weighted by Crippen LogP contribution is 2.23. The normalized spacial score (nSPS) is 21.0. The van der Waals surface area contributed by atoms with Crippen LogP contribution in [0.1, 0.15) is 226 Å². The van der Waals surface area contributed by atoms with E-state index in [1.807, 2.05) is 6.08 Å². The summed E-state index contributed by atoms with van der Waals surface area (Å²) in [5.41, 5.74) is 0. The van der Waals surface area contributed by atoms with Gasteiger partial charge in [-0.2, -0.15) is 0 Å². The summed E-state index contributed by atoms with van der Waals surface area (Å²) in [6.07, 6.45) is 41.3. The van der Waals surface area contributed by atoms with E-state index in [0.29, 0.717) is 6.42 Å². The minimum atomic E-state index is -1.57. The van der Waals surface area contributed by atoms with Gasteiger partial charge in [0.05, 0.1) is 25.4 Å². The number of aliphatic hydroxyl groups excluding tert-OH is 5. The first-order chi connectivity index (χ1) is 28.3. The predicted molar refractivity (Wildman–Crippen MR) is 240 cm³/mol. The molecule has 1 rings (SSSR count). The molecule has 9 heteroatoms. The van der Waals surface area contributed by atoms with Gasteiger partial charge in [-0.3, -0.25) is 4.79 Å². The minimum Gasteiger partial charge on any atom is -0.394 e. The minimum absolute atomic E-state index is 0.187. The molecule has 7 atom stereocenters. The maximum atomic E-state index is 12.9. The van der Waals surface area contributed by atoms with Crippen LogP contribution in [0.2, 0.25) is 0 Å². The van der Waals surface area contributed by atoms with E-state index in [-0.39, 0.29) is 12.5 Å². The van der Waals surface area contributed by atoms with E-state index in [9.17, 15) is 30.3 Å². The topological polar surface area (TPSA) is 149 Å². The summed E-state index contributed by atoms with van der Waals surface area (Å²) in [4.78, 5) is 12.9. The molecule has 1 fully saturated rings. The highest BCUT2D eigenvalue weighted by Gasteiger charge is 2.44. The average molecular weight is 824 g/mol. The predicted octanol–water partition coefficient (Wildman–Crippen LogP) is 10.7. The second-order valence-electron chi connectivity index (χ2n) is 17.3. The molecule has 0 aromatic rings. The highest BCUT2D eigenvalue weighted by molar-refractivity contribution is 5.76. The van der Waals surface area contributed by atoms with Crippen molar-refractivity contribution in [1.29, 1.82) is 0 Å². The molecular formula is C49H93NO8. The Balaban J connectivity index is 2.13. The number of hydrogen-bond donors (Lipinski definition) is 6. The van der Waals surface area contributed by atoms with Crippen LogP contribution in [0.5, 0.6) is 0 Å². The first-order valence-corrected chi connectivity index (χ1v) is 24.6. The molecule has 0 saturated carbocycles. The van der Waals surface area contributed by atoms with E-state index >= 15 is 0 Å². The molecule has 58 heavy (non-hydrogen) atoms. The molecule has 1 amide bonds. The third-order valence-electron chi connectivity index (χ3n) is 11.8. The Labute approximate surface area is 356 Å². The Morgan fingerprint density at radius 2 is 0.983 bits per heavy atom. The van der Waals surface area contributed by atoms with Crippen LogP contribution in [-0.2, 0) is 14.3 Å². The summed E-state index contributed by atoms with van der Waals surface area (Å²) in [6, 6.07) is -0.815. The SMILES string of the molecule is CCCC/C=C/CC/C=C/C(O)C(COC1OC(CO)C(O)C(O)C1O)NC(=O)CCCCCCCCCCCCCCCCCCCCCCCCCCCCC. The maximum absolute atomic E-state index is 12.9. The van der Waals surface area contributed by atoms with Crippen LogP contribution in [-0.4, -0.2) is 87.5 Å². The van der Waals surface area contributed by atoms with Crippen LogP contribution < -0.4 is 5.32 Å². The number of allylic oxidation sites excluding steroid dienone is 3. The van der Waals surface area contributed by atoms with Crippen LogP contribution in [0, 0.1) is 0 Å². The lowest BCUT2D eigenvalue weighted by Gasteiger charge is -2.40. The summed E-state index contributed by atoms with van der Waals surface area (Å²) in [5.74, 6) is -0.187. The van der Waals surface area contributed by atoms with Gasteiger partial charge >= 0.3 is 0 Å². The van der Waals surface area contributed by atoms with Crippen molar-refractivity contribution in [1.82, 2.24) is 5.32 Å². The number of ether oxygens (including phenoxy) is 2. The highest BCUT2D eigenvalue weighted by atomic mass is 16.7. The van der Waals surface area contributed by atoms with Gasteiger partial charge in [0.15, 0.2) is 6.29 Å². The van der Waals surface area contributed by atoms with Gasteiger partial charge in [-0.15, -0.1) is 0 Å². The zero-order valence-corrected chi connectivity index (χ0v) is 37.6. The first kappa shape index (κ1) is 54.7. The Morgan fingerprint density at radius 3 is 1.43 bits per heavy atom. The molecule has 9 nitrogen and oxygen atoms in total. The van der Waals surface area contributed by atoms with Crippen LogP contribution in [0.3, 0.4) is 0 Å². The smallest absolute Gasteiger partial charge is 0.220 e. The second-order valence-corrected chi connectivity index (χ2v) is 17.3. The summed E-state index contributed by atoms with van der Waals surface area (Å²) >= 11 is 0. The zero-order chi connectivity index (χ0) is 42.3. The number of unbranched alkanes of at least 4 members (excludes halogenated alkanes) is 29. The van der Waals surface area contributed by atoms with Crippen LogP contribution >= 0.6 is 0 Å². The molecule has 1 heterocycles. The van der Waals surface area contributed by atoms with Gasteiger partial charge in [0.2, 0.25) is 5.91 Å². The summed E-state index contributed by atoms with van der Waals surface area (Å²) in [7, 11) is 0. The fourth-order valence-corrected chi connectivity index (χ4v) is 7.81. The van der Waals surface area contributed by atoms with Crippen molar-refractivity contribution in [2.45, 2.75) is 269 Å². The van der Waals surface area contributed by atoms with Gasteiger partial charge in [-0.1, -0.05) is 218 Å². The number of hydrogen-bond acceptors (Lipinski definition) is 8. The van der Waals surface area contributed by atoms with Gasteiger partial charge in [0.25, 0.3) is 0 Å². The third kappa shape index (κ3) is 29.8. The van der Waals surface area contributed by atoms with E-state index in [2.05, 4.69) is 31.3 Å². The molecule has 0 radical (unpaired) electrons. The summed E-state index contributed by atoms with van der Waals surface area (Å²) in [6.45, 7) is 3.69. The van der Waals surface area contributed by atoms with Crippen LogP contribution in [0.15, 0.2) is 24.3 Å². The number of nitrogens with one attached hydrogen (secondary N) is 1. The van der Waals surface area contributed by atoms with Gasteiger partial charge in [-0.25, -0.2) is 0 Å². The Kier molecular flexibility index (Phi) is 37.5. The zero-order valence-electron chi connectivity index (χ0n) is 37.6. The van der Waals surface area contributed by atoms with E-state index in [4.69, 9.17) is 9.47 Å². The van der Waals surface area contributed by atoms with Crippen molar-refractivity contribution in [3.05, 3.63) is 24.3 Å². The largest absolute Gasteiger partial charge is 0.394 e. The molecule has 342 valence electrons. The lowest BCUT2D eigenvalue weighted by molar-refractivity contribution is -0.302. The van der Waals surface area contributed by atoms with Gasteiger partial charge in [-0.05, 0) is 25.7 Å². The number of rotatable bonds is 41. The molecule has 1 saturated heterocycles. The van der Waals surface area contributed by atoms with E-state index in [0.717, 1.165) is 44.9 Å².